The van der Waals surface area contributed by atoms with Gasteiger partial charge in [0, 0.05) is 37.6 Å². The molecule has 1 amide bonds. The Bertz CT molecular complexity index is 904. The Hall–Kier alpha value is -2.38. The van der Waals surface area contributed by atoms with Crippen LogP contribution in [0.5, 0.6) is 0 Å². The predicted molar refractivity (Wildman–Crippen MR) is 105 cm³/mol. The fourth-order valence-electron chi connectivity index (χ4n) is 3.28. The lowest BCUT2D eigenvalue weighted by Crippen LogP contribution is -2.42. The number of nitrogens with one attached hydrogen (secondary N) is 1. The first-order valence-electron chi connectivity index (χ1n) is 8.94. The quantitative estimate of drug-likeness (QED) is 0.852. The molecule has 2 aromatic rings. The van der Waals surface area contributed by atoms with E-state index in [-0.39, 0.29) is 16.8 Å². The standard InChI is InChI=1S/C20H24N2O4S/c1-15-4-3-5-20(14-15)27(24,25)21-17-6-8-18(9-7-17)22(16(2)23)19-10-12-26-13-11-19/h3-9,14,19,21H,10-13H2,1-2H3. The van der Waals surface area contributed by atoms with Crippen LogP contribution in [0, 0.1) is 6.92 Å². The molecule has 0 saturated carbocycles. The molecule has 0 radical (unpaired) electrons. The summed E-state index contributed by atoms with van der Waals surface area (Å²) in [5.74, 6) is -0.0324. The highest BCUT2D eigenvalue weighted by molar-refractivity contribution is 7.92. The second-order valence-corrected chi connectivity index (χ2v) is 8.38. The Morgan fingerprint density at radius 1 is 1.11 bits per heavy atom. The highest BCUT2D eigenvalue weighted by Gasteiger charge is 2.25. The average molecular weight is 388 g/mol. The van der Waals surface area contributed by atoms with Crippen LogP contribution in [0.25, 0.3) is 0 Å². The average Bonchev–Trinajstić information content (AvgIpc) is 2.64. The maximum Gasteiger partial charge on any atom is 0.261 e. The maximum atomic E-state index is 12.5. The van der Waals surface area contributed by atoms with Gasteiger partial charge in [-0.25, -0.2) is 8.42 Å². The summed E-state index contributed by atoms with van der Waals surface area (Å²) in [5.41, 5.74) is 2.09. The van der Waals surface area contributed by atoms with Gasteiger partial charge in [0.2, 0.25) is 5.91 Å². The van der Waals surface area contributed by atoms with Gasteiger partial charge in [0.15, 0.2) is 0 Å². The van der Waals surface area contributed by atoms with Crippen molar-refractivity contribution in [2.75, 3.05) is 22.8 Å². The van der Waals surface area contributed by atoms with E-state index in [9.17, 15) is 13.2 Å². The van der Waals surface area contributed by atoms with Gasteiger partial charge in [-0.3, -0.25) is 9.52 Å². The molecule has 1 heterocycles. The molecule has 1 aliphatic heterocycles. The van der Waals surface area contributed by atoms with E-state index in [4.69, 9.17) is 4.74 Å². The minimum absolute atomic E-state index is 0.0324. The van der Waals surface area contributed by atoms with Crippen LogP contribution >= 0.6 is 0 Å². The van der Waals surface area contributed by atoms with Crippen molar-refractivity contribution in [3.63, 3.8) is 0 Å². The van der Waals surface area contributed by atoms with Crippen LogP contribution in [0.1, 0.15) is 25.3 Å². The van der Waals surface area contributed by atoms with Crippen LogP contribution in [-0.4, -0.2) is 33.6 Å². The molecule has 3 rings (SSSR count). The van der Waals surface area contributed by atoms with E-state index in [1.165, 1.54) is 0 Å². The summed E-state index contributed by atoms with van der Waals surface area (Å²) in [4.78, 5) is 14.1. The number of sulfonamides is 1. The summed E-state index contributed by atoms with van der Waals surface area (Å²) in [6.45, 7) is 4.68. The van der Waals surface area contributed by atoms with Crippen molar-refractivity contribution in [2.24, 2.45) is 0 Å². The number of amides is 1. The minimum Gasteiger partial charge on any atom is -0.381 e. The van der Waals surface area contributed by atoms with Gasteiger partial charge in [0.1, 0.15) is 0 Å². The predicted octanol–water partition coefficient (Wildman–Crippen LogP) is 3.33. The van der Waals surface area contributed by atoms with E-state index in [1.807, 2.05) is 13.0 Å². The van der Waals surface area contributed by atoms with Gasteiger partial charge in [-0.1, -0.05) is 12.1 Å². The van der Waals surface area contributed by atoms with E-state index < -0.39 is 10.0 Å². The first-order chi connectivity index (χ1) is 12.9. The number of carbonyl (C=O) groups excluding carboxylic acids is 1. The number of hydrogen-bond acceptors (Lipinski definition) is 4. The van der Waals surface area contributed by atoms with E-state index in [0.29, 0.717) is 18.9 Å². The zero-order valence-electron chi connectivity index (χ0n) is 15.5. The summed E-state index contributed by atoms with van der Waals surface area (Å²) in [6.07, 6.45) is 1.59. The van der Waals surface area contributed by atoms with Crippen LogP contribution < -0.4 is 9.62 Å². The molecule has 1 aliphatic rings. The lowest BCUT2D eigenvalue weighted by atomic mass is 10.1. The number of carbonyl (C=O) groups is 1. The fourth-order valence-corrected chi connectivity index (χ4v) is 4.44. The highest BCUT2D eigenvalue weighted by atomic mass is 32.2. The second kappa shape index (κ2) is 8.10. The Morgan fingerprint density at radius 3 is 2.37 bits per heavy atom. The molecule has 0 aliphatic carbocycles. The van der Waals surface area contributed by atoms with Gasteiger partial charge >= 0.3 is 0 Å². The van der Waals surface area contributed by atoms with E-state index in [0.717, 1.165) is 24.1 Å². The van der Waals surface area contributed by atoms with Crippen molar-refractivity contribution >= 4 is 27.3 Å². The Labute approximate surface area is 160 Å². The van der Waals surface area contributed by atoms with E-state index in [1.54, 1.807) is 54.3 Å². The lowest BCUT2D eigenvalue weighted by Gasteiger charge is -2.33. The molecular formula is C20H24N2O4S. The molecule has 0 atom stereocenters. The Kier molecular flexibility index (Phi) is 5.82. The lowest BCUT2D eigenvalue weighted by molar-refractivity contribution is -0.117. The fraction of sp³-hybridized carbons (Fsp3) is 0.350. The molecule has 7 heteroatoms. The zero-order valence-corrected chi connectivity index (χ0v) is 16.3. The molecule has 27 heavy (non-hydrogen) atoms. The minimum atomic E-state index is -3.65. The van der Waals surface area contributed by atoms with Crippen molar-refractivity contribution in [1.82, 2.24) is 0 Å². The maximum absolute atomic E-state index is 12.5. The molecule has 144 valence electrons. The van der Waals surface area contributed by atoms with Gasteiger partial charge in [0.05, 0.1) is 4.90 Å². The van der Waals surface area contributed by atoms with Gasteiger partial charge in [0.25, 0.3) is 10.0 Å². The van der Waals surface area contributed by atoms with Crippen LogP contribution in [0.2, 0.25) is 0 Å². The van der Waals surface area contributed by atoms with Gasteiger partial charge in [-0.05, 0) is 61.7 Å². The molecule has 0 bridgehead atoms. The summed E-state index contributed by atoms with van der Waals surface area (Å²) in [7, 11) is -3.65. The summed E-state index contributed by atoms with van der Waals surface area (Å²) < 4.78 is 33.0. The number of ether oxygens (including phenoxy) is 1. The number of anilines is 2. The zero-order chi connectivity index (χ0) is 19.4. The normalized spacial score (nSPS) is 15.3. The second-order valence-electron chi connectivity index (χ2n) is 6.70. The number of hydrogen-bond donors (Lipinski definition) is 1. The van der Waals surface area contributed by atoms with E-state index >= 15 is 0 Å². The molecular weight excluding hydrogens is 364 g/mol. The van der Waals surface area contributed by atoms with Gasteiger partial charge < -0.3 is 9.64 Å². The summed E-state index contributed by atoms with van der Waals surface area (Å²) in [6, 6.07) is 13.7. The largest absolute Gasteiger partial charge is 0.381 e. The SMILES string of the molecule is CC(=O)N(c1ccc(NS(=O)(=O)c2cccc(C)c2)cc1)C1CCOCC1. The van der Waals surface area contributed by atoms with Gasteiger partial charge in [-0.15, -0.1) is 0 Å². The van der Waals surface area contributed by atoms with Gasteiger partial charge in [-0.2, -0.15) is 0 Å². The van der Waals surface area contributed by atoms with Crippen LogP contribution in [0.4, 0.5) is 11.4 Å². The topological polar surface area (TPSA) is 75.7 Å². The van der Waals surface area contributed by atoms with Crippen molar-refractivity contribution in [2.45, 2.75) is 37.6 Å². The third-order valence-corrected chi connectivity index (χ3v) is 5.97. The molecule has 0 aromatic heterocycles. The Morgan fingerprint density at radius 2 is 1.78 bits per heavy atom. The summed E-state index contributed by atoms with van der Waals surface area (Å²) in [5, 5.41) is 0. The molecule has 1 saturated heterocycles. The molecule has 6 nitrogen and oxygen atoms in total. The summed E-state index contributed by atoms with van der Waals surface area (Å²) >= 11 is 0. The van der Waals surface area contributed by atoms with Crippen molar-refractivity contribution in [3.8, 4) is 0 Å². The number of aryl methyl sites for hydroxylation is 1. The third-order valence-electron chi connectivity index (χ3n) is 4.59. The van der Waals surface area contributed by atoms with Crippen molar-refractivity contribution in [3.05, 3.63) is 54.1 Å². The van der Waals surface area contributed by atoms with Crippen LogP contribution in [-0.2, 0) is 19.6 Å². The van der Waals surface area contributed by atoms with Crippen LogP contribution in [0.15, 0.2) is 53.4 Å². The molecule has 2 aromatic carbocycles. The monoisotopic (exact) mass is 388 g/mol. The number of nitrogens with zero attached hydrogens (tertiary/aromatic N) is 1. The number of benzene rings is 2. The number of rotatable bonds is 5. The molecule has 1 fully saturated rings. The van der Waals surface area contributed by atoms with Crippen molar-refractivity contribution < 1.29 is 17.9 Å². The molecule has 0 unspecified atom stereocenters. The molecule has 0 spiro atoms. The van der Waals surface area contributed by atoms with Crippen LogP contribution in [0.3, 0.4) is 0 Å². The Balaban J connectivity index is 1.79. The smallest absolute Gasteiger partial charge is 0.261 e. The van der Waals surface area contributed by atoms with E-state index in [2.05, 4.69) is 4.72 Å². The third kappa shape index (κ3) is 4.67. The van der Waals surface area contributed by atoms with Crippen molar-refractivity contribution in [1.29, 1.82) is 0 Å². The molecule has 1 N–H and O–H groups in total. The highest BCUT2D eigenvalue weighted by Crippen LogP contribution is 2.26. The first-order valence-corrected chi connectivity index (χ1v) is 10.4. The first kappa shape index (κ1) is 19.4.